The van der Waals surface area contributed by atoms with E-state index in [1.165, 1.54) is 19.3 Å². The zero-order valence-corrected chi connectivity index (χ0v) is 7.74. The van der Waals surface area contributed by atoms with E-state index in [0.717, 1.165) is 12.2 Å². The van der Waals surface area contributed by atoms with Gasteiger partial charge in [0, 0.05) is 12.9 Å². The largest absolute Gasteiger partial charge is 0.225 e. The summed E-state index contributed by atoms with van der Waals surface area (Å²) in [5, 5.41) is 0. The molecule has 0 saturated heterocycles. The van der Waals surface area contributed by atoms with Crippen LogP contribution in [0.2, 0.25) is 0 Å². The maximum Gasteiger partial charge on any atom is 0.0834 e. The van der Waals surface area contributed by atoms with Gasteiger partial charge in [-0.15, -0.1) is 0 Å². The quantitative estimate of drug-likeness (QED) is 0.207. The standard InChI is InChI=1S/C6H14O2S2/c9-6-4-2-1-3-5-7-8-10/h9-10H,1-6H2. The minimum atomic E-state index is 0.635. The SMILES string of the molecule is SCCCCCCOOS. The van der Waals surface area contributed by atoms with E-state index in [-0.39, 0.29) is 0 Å². The third-order valence-corrected chi connectivity index (χ3v) is 1.61. The summed E-state index contributed by atoms with van der Waals surface area (Å²) in [6, 6.07) is 0. The fourth-order valence-corrected chi connectivity index (χ4v) is 0.962. The Bertz CT molecular complexity index is 53.7. The van der Waals surface area contributed by atoms with Crippen molar-refractivity contribution in [1.29, 1.82) is 0 Å². The van der Waals surface area contributed by atoms with Gasteiger partial charge in [-0.1, -0.05) is 12.8 Å². The zero-order chi connectivity index (χ0) is 7.66. The van der Waals surface area contributed by atoms with Crippen molar-refractivity contribution in [1.82, 2.24) is 0 Å². The molecule has 0 amide bonds. The summed E-state index contributed by atoms with van der Waals surface area (Å²) in [4.78, 5) is 4.56. The molecule has 0 heterocycles. The average Bonchev–Trinajstić information content (AvgIpc) is 1.97. The lowest BCUT2D eigenvalue weighted by Crippen LogP contribution is -1.90. The first-order chi connectivity index (χ1) is 4.91. The summed E-state index contributed by atoms with van der Waals surface area (Å²) < 4.78 is 4.13. The average molecular weight is 182 g/mol. The highest BCUT2D eigenvalue weighted by molar-refractivity contribution is 7.80. The van der Waals surface area contributed by atoms with Crippen molar-refractivity contribution < 1.29 is 9.22 Å². The molecule has 0 spiro atoms. The van der Waals surface area contributed by atoms with E-state index in [1.54, 1.807) is 0 Å². The first-order valence-corrected chi connectivity index (χ1v) is 4.45. The lowest BCUT2D eigenvalue weighted by molar-refractivity contribution is -0.188. The molecular weight excluding hydrogens is 168 g/mol. The first kappa shape index (κ1) is 10.6. The third kappa shape index (κ3) is 8.62. The van der Waals surface area contributed by atoms with Crippen LogP contribution in [0.25, 0.3) is 0 Å². The van der Waals surface area contributed by atoms with Crippen LogP contribution in [-0.4, -0.2) is 12.4 Å². The van der Waals surface area contributed by atoms with Crippen molar-refractivity contribution in [2.24, 2.45) is 0 Å². The van der Waals surface area contributed by atoms with Gasteiger partial charge in [-0.25, -0.2) is 4.89 Å². The van der Waals surface area contributed by atoms with Gasteiger partial charge < -0.3 is 0 Å². The van der Waals surface area contributed by atoms with Crippen molar-refractivity contribution in [3.63, 3.8) is 0 Å². The Balaban J connectivity index is 2.65. The van der Waals surface area contributed by atoms with Crippen molar-refractivity contribution in [3.05, 3.63) is 0 Å². The van der Waals surface area contributed by atoms with Gasteiger partial charge in [-0.05, 0) is 18.6 Å². The maximum atomic E-state index is 4.56. The molecule has 0 aliphatic heterocycles. The molecule has 2 nitrogen and oxygen atoms in total. The fraction of sp³-hybridized carbons (Fsp3) is 1.00. The molecule has 0 atom stereocenters. The predicted molar refractivity (Wildman–Crippen MR) is 48.3 cm³/mol. The van der Waals surface area contributed by atoms with Gasteiger partial charge in [0.15, 0.2) is 0 Å². The van der Waals surface area contributed by atoms with Crippen LogP contribution in [0.4, 0.5) is 0 Å². The molecule has 0 unspecified atom stereocenters. The van der Waals surface area contributed by atoms with E-state index in [9.17, 15) is 0 Å². The number of thiol groups is 2. The molecule has 0 aromatic carbocycles. The highest BCUT2D eigenvalue weighted by Gasteiger charge is 1.88. The van der Waals surface area contributed by atoms with Gasteiger partial charge in [0.2, 0.25) is 0 Å². The van der Waals surface area contributed by atoms with Crippen LogP contribution in [-0.2, 0) is 9.22 Å². The molecule has 0 fully saturated rings. The minimum Gasteiger partial charge on any atom is -0.225 e. The van der Waals surface area contributed by atoms with E-state index >= 15 is 0 Å². The summed E-state index contributed by atoms with van der Waals surface area (Å²) in [7, 11) is 0. The number of hydrogen-bond acceptors (Lipinski definition) is 4. The molecule has 0 aromatic heterocycles. The fourth-order valence-electron chi connectivity index (χ4n) is 0.664. The molecule has 4 heteroatoms. The van der Waals surface area contributed by atoms with Crippen LogP contribution in [0, 0.1) is 0 Å². The predicted octanol–water partition coefficient (Wildman–Crippen LogP) is 2.27. The molecule has 0 rings (SSSR count). The molecule has 10 heavy (non-hydrogen) atoms. The third-order valence-electron chi connectivity index (χ3n) is 1.19. The zero-order valence-electron chi connectivity index (χ0n) is 5.95. The van der Waals surface area contributed by atoms with E-state index in [1.807, 2.05) is 0 Å². The Hall–Kier alpha value is 0.620. The van der Waals surface area contributed by atoms with Crippen molar-refractivity contribution >= 4 is 25.5 Å². The topological polar surface area (TPSA) is 18.5 Å². The molecular formula is C6H14O2S2. The van der Waals surface area contributed by atoms with Crippen molar-refractivity contribution in [2.45, 2.75) is 25.7 Å². The van der Waals surface area contributed by atoms with Crippen LogP contribution >= 0.6 is 25.5 Å². The number of rotatable bonds is 7. The summed E-state index contributed by atoms with van der Waals surface area (Å²) in [6.07, 6.45) is 4.62. The van der Waals surface area contributed by atoms with Crippen LogP contribution in [0.1, 0.15) is 25.7 Å². The number of unbranched alkanes of at least 4 members (excludes halogenated alkanes) is 3. The molecule has 0 bridgehead atoms. The van der Waals surface area contributed by atoms with Gasteiger partial charge in [-0.3, -0.25) is 0 Å². The summed E-state index contributed by atoms with van der Waals surface area (Å²) in [6.45, 7) is 0.635. The number of hydrogen-bond donors (Lipinski definition) is 2. The van der Waals surface area contributed by atoms with E-state index < -0.39 is 0 Å². The maximum absolute atomic E-state index is 4.56. The highest BCUT2D eigenvalue weighted by atomic mass is 32.1. The van der Waals surface area contributed by atoms with Gasteiger partial charge in [0.25, 0.3) is 0 Å². The van der Waals surface area contributed by atoms with Crippen molar-refractivity contribution in [3.8, 4) is 0 Å². The normalized spacial score (nSPS) is 10.2. The second-order valence-electron chi connectivity index (χ2n) is 2.03. The van der Waals surface area contributed by atoms with Gasteiger partial charge in [0.05, 0.1) is 6.61 Å². The Morgan fingerprint density at radius 2 is 1.70 bits per heavy atom. The molecule has 62 valence electrons. The first-order valence-electron chi connectivity index (χ1n) is 3.45. The molecule has 0 radical (unpaired) electrons. The van der Waals surface area contributed by atoms with Crippen molar-refractivity contribution in [2.75, 3.05) is 12.4 Å². The lowest BCUT2D eigenvalue weighted by atomic mass is 10.2. The second-order valence-corrected chi connectivity index (χ2v) is 2.63. The van der Waals surface area contributed by atoms with Crippen LogP contribution < -0.4 is 0 Å². The monoisotopic (exact) mass is 182 g/mol. The summed E-state index contributed by atoms with van der Waals surface area (Å²) in [5.41, 5.74) is 0. The van der Waals surface area contributed by atoms with Crippen LogP contribution in [0.3, 0.4) is 0 Å². The minimum absolute atomic E-state index is 0.635. The van der Waals surface area contributed by atoms with E-state index in [4.69, 9.17) is 0 Å². The molecule has 0 aromatic rings. The highest BCUT2D eigenvalue weighted by Crippen LogP contribution is 2.01. The molecule has 0 aliphatic carbocycles. The Kier molecular flexibility index (Phi) is 10.2. The van der Waals surface area contributed by atoms with Gasteiger partial charge in [0.1, 0.15) is 0 Å². The van der Waals surface area contributed by atoms with Crippen LogP contribution in [0.15, 0.2) is 0 Å². The smallest absolute Gasteiger partial charge is 0.0834 e. The van der Waals surface area contributed by atoms with Gasteiger partial charge >= 0.3 is 0 Å². The lowest BCUT2D eigenvalue weighted by Gasteiger charge is -1.97. The van der Waals surface area contributed by atoms with E-state index in [2.05, 4.69) is 34.8 Å². The Morgan fingerprint density at radius 1 is 1.00 bits per heavy atom. The summed E-state index contributed by atoms with van der Waals surface area (Å²) in [5.74, 6) is 0.976. The Labute approximate surface area is 73.2 Å². The molecule has 0 saturated carbocycles. The van der Waals surface area contributed by atoms with E-state index in [0.29, 0.717) is 6.61 Å². The van der Waals surface area contributed by atoms with Gasteiger partial charge in [-0.2, -0.15) is 17.0 Å². The Morgan fingerprint density at radius 3 is 2.30 bits per heavy atom. The summed E-state index contributed by atoms with van der Waals surface area (Å²) >= 11 is 7.53. The molecule has 0 N–H and O–H groups in total. The second kappa shape index (κ2) is 9.62. The van der Waals surface area contributed by atoms with Crippen LogP contribution in [0.5, 0.6) is 0 Å². The molecule has 0 aliphatic rings.